The molecule has 4 amide bonds. The van der Waals surface area contributed by atoms with Crippen molar-refractivity contribution in [1.82, 2.24) is 21.0 Å². The molecule has 0 saturated carbocycles. The molecule has 0 aliphatic rings. The van der Waals surface area contributed by atoms with E-state index < -0.39 is 96.2 Å². The number of rotatable bonds is 16. The van der Waals surface area contributed by atoms with Crippen LogP contribution in [0.25, 0.3) is 0 Å². The van der Waals surface area contributed by atoms with Crippen LogP contribution in [0.15, 0.2) is 72.8 Å². The molecule has 3 aromatic rings. The third kappa shape index (κ3) is 13.1. The molecule has 5 N–H and O–H groups in total. The summed E-state index contributed by atoms with van der Waals surface area (Å²) in [6.07, 6.45) is -11.6. The summed E-state index contributed by atoms with van der Waals surface area (Å²) >= 11 is 5.99. The van der Waals surface area contributed by atoms with Gasteiger partial charge in [-0.3, -0.25) is 24.0 Å². The van der Waals surface area contributed by atoms with Crippen molar-refractivity contribution in [3.05, 3.63) is 100 Å². The molecule has 0 radical (unpaired) electrons. The van der Waals surface area contributed by atoms with Gasteiger partial charge in [-0.15, -0.1) is 0 Å². The van der Waals surface area contributed by atoms with E-state index in [4.69, 9.17) is 22.1 Å². The summed E-state index contributed by atoms with van der Waals surface area (Å²) in [5.41, 5.74) is 5.71. The van der Waals surface area contributed by atoms with E-state index in [2.05, 4.69) is 10.2 Å². The molecule has 0 bridgehead atoms. The topological polar surface area (TPSA) is 186 Å². The molecule has 320 valence electrons. The second-order valence-corrected chi connectivity index (χ2v) is 13.4. The van der Waals surface area contributed by atoms with Crippen molar-refractivity contribution < 1.29 is 73.5 Å². The average Bonchev–Trinajstić information content (AvgIpc) is 3.17. The Labute approximate surface area is 335 Å². The number of nitrogens with one attached hydrogen (secondary N) is 3. The number of ether oxygens (including phenoxy) is 1. The standard InChI is InChI=1S/C37H36ClF8N5O8/c1-19(2)27(29(52)36(42,43)33(56)48-18-35(39,40)41)49-31(54)28(22-11-13-25(58-3)14-12-22)50-30(53)26(15-20-7-9-21(17-47)10-8-20)51(59-34(57)37(44,45)46)32(55)23-5-4-6-24(38)16-23/h4-14,16,19,26-28H,15,17-18,47H2,1-3H3,(H,48,56)(H,49,54)(H,50,53)/t26-,27-,28-/m0/s1. The van der Waals surface area contributed by atoms with Gasteiger partial charge >= 0.3 is 24.2 Å². The summed E-state index contributed by atoms with van der Waals surface area (Å²) in [5.74, 6) is -18.6. The van der Waals surface area contributed by atoms with Crippen LogP contribution in [0.3, 0.4) is 0 Å². The average molecular weight is 866 g/mol. The predicted molar refractivity (Wildman–Crippen MR) is 191 cm³/mol. The predicted octanol–water partition coefficient (Wildman–Crippen LogP) is 4.76. The molecular formula is C37H36ClF8N5O8. The van der Waals surface area contributed by atoms with Crippen LogP contribution in [0.5, 0.6) is 5.75 Å². The van der Waals surface area contributed by atoms with Crippen LogP contribution in [0.4, 0.5) is 35.1 Å². The van der Waals surface area contributed by atoms with Crippen molar-refractivity contribution in [2.24, 2.45) is 11.7 Å². The number of ketones is 1. The van der Waals surface area contributed by atoms with Gasteiger partial charge in [0.15, 0.2) is 6.04 Å². The molecule has 0 unspecified atom stereocenters. The fourth-order valence-electron chi connectivity index (χ4n) is 5.16. The lowest BCUT2D eigenvalue weighted by Crippen LogP contribution is -2.59. The second-order valence-electron chi connectivity index (χ2n) is 12.9. The third-order valence-corrected chi connectivity index (χ3v) is 8.48. The Bertz CT molecular complexity index is 2000. The first-order valence-electron chi connectivity index (χ1n) is 17.1. The monoisotopic (exact) mass is 865 g/mol. The van der Waals surface area contributed by atoms with Crippen LogP contribution in [-0.2, 0) is 41.8 Å². The SMILES string of the molecule is COc1ccc([C@H](NC(=O)[C@H](Cc2ccc(CN)cc2)N(OC(=O)C(F)(F)F)C(=O)c2cccc(Cl)c2)C(=O)N[C@H](C(=O)C(F)(F)C(=O)NCC(F)(F)F)C(C)C)cc1. The lowest BCUT2D eigenvalue weighted by atomic mass is 9.94. The van der Waals surface area contributed by atoms with Crippen LogP contribution >= 0.6 is 11.6 Å². The molecule has 22 heteroatoms. The van der Waals surface area contributed by atoms with Crippen molar-refractivity contribution in [1.29, 1.82) is 0 Å². The summed E-state index contributed by atoms with van der Waals surface area (Å²) in [6.45, 7) is 0.101. The highest BCUT2D eigenvalue weighted by Gasteiger charge is 2.52. The summed E-state index contributed by atoms with van der Waals surface area (Å²) < 4.78 is 114. The van der Waals surface area contributed by atoms with Gasteiger partial charge < -0.3 is 31.3 Å². The Balaban J connectivity index is 2.15. The van der Waals surface area contributed by atoms with Crippen molar-refractivity contribution in [2.75, 3.05) is 13.7 Å². The number of amides is 4. The molecule has 3 rings (SSSR count). The maximum Gasteiger partial charge on any atom is 0.493 e. The van der Waals surface area contributed by atoms with E-state index in [0.29, 0.717) is 5.56 Å². The molecule has 0 heterocycles. The number of alkyl halides is 8. The Kier molecular flexibility index (Phi) is 15.9. The number of halogens is 9. The van der Waals surface area contributed by atoms with E-state index in [1.54, 1.807) is 0 Å². The summed E-state index contributed by atoms with van der Waals surface area (Å²) in [6, 6.07) is 8.54. The zero-order chi connectivity index (χ0) is 44.5. The number of hydroxylamine groups is 2. The highest BCUT2D eigenvalue weighted by atomic mass is 35.5. The van der Waals surface area contributed by atoms with Crippen LogP contribution in [0.1, 0.15) is 46.9 Å². The normalized spacial score (nSPS) is 13.4. The molecule has 3 aromatic carbocycles. The maximum atomic E-state index is 15.0. The molecule has 59 heavy (non-hydrogen) atoms. The van der Waals surface area contributed by atoms with Gasteiger partial charge in [-0.05, 0) is 52.9 Å². The fraction of sp³-hybridized carbons (Fsp3) is 0.351. The summed E-state index contributed by atoms with van der Waals surface area (Å²) in [7, 11) is 1.27. The lowest BCUT2D eigenvalue weighted by Gasteiger charge is -2.31. The number of methoxy groups -OCH3 is 1. The van der Waals surface area contributed by atoms with Crippen LogP contribution in [0.2, 0.25) is 5.02 Å². The summed E-state index contributed by atoms with van der Waals surface area (Å²) in [5, 5.41) is 4.79. The molecule has 3 atom stereocenters. The van der Waals surface area contributed by atoms with Gasteiger partial charge in [-0.25, -0.2) is 4.79 Å². The number of carbonyl (C=O) groups is 6. The Morgan fingerprint density at radius 3 is 1.92 bits per heavy atom. The van der Waals surface area contributed by atoms with E-state index in [0.717, 1.165) is 31.3 Å². The van der Waals surface area contributed by atoms with Gasteiger partial charge in [0.2, 0.25) is 17.6 Å². The number of carbonyl (C=O) groups excluding carboxylic acids is 6. The zero-order valence-corrected chi connectivity index (χ0v) is 31.8. The van der Waals surface area contributed by atoms with Crippen molar-refractivity contribution >= 4 is 47.0 Å². The molecule has 0 aromatic heterocycles. The number of nitrogens with two attached hydrogens (primary N) is 1. The van der Waals surface area contributed by atoms with E-state index in [1.165, 1.54) is 67.8 Å². The maximum absolute atomic E-state index is 15.0. The highest BCUT2D eigenvalue weighted by Crippen LogP contribution is 2.26. The van der Waals surface area contributed by atoms with E-state index >= 15 is 8.78 Å². The number of benzene rings is 3. The van der Waals surface area contributed by atoms with Gasteiger partial charge in [-0.1, -0.05) is 67.9 Å². The van der Waals surface area contributed by atoms with Crippen LogP contribution in [0, 0.1) is 5.92 Å². The van der Waals surface area contributed by atoms with E-state index in [-0.39, 0.29) is 33.5 Å². The van der Waals surface area contributed by atoms with Crippen molar-refractivity contribution in [3.8, 4) is 5.75 Å². The first kappa shape index (κ1) is 47.5. The van der Waals surface area contributed by atoms with E-state index in [9.17, 15) is 55.1 Å². The van der Waals surface area contributed by atoms with Crippen LogP contribution in [-0.4, -0.2) is 84.5 Å². The molecule has 0 fully saturated rings. The lowest BCUT2D eigenvalue weighted by molar-refractivity contribution is -0.233. The minimum atomic E-state index is -5.72. The Hall–Kier alpha value is -5.83. The molecule has 0 aliphatic carbocycles. The number of nitrogens with zero attached hydrogens (tertiary/aromatic N) is 1. The fourth-order valence-corrected chi connectivity index (χ4v) is 5.35. The third-order valence-electron chi connectivity index (χ3n) is 8.25. The first-order valence-corrected chi connectivity index (χ1v) is 17.4. The van der Waals surface area contributed by atoms with Gasteiger partial charge in [0.25, 0.3) is 11.8 Å². The second kappa shape index (κ2) is 19.7. The Morgan fingerprint density at radius 2 is 1.41 bits per heavy atom. The number of hydrogen-bond acceptors (Lipinski definition) is 9. The minimum Gasteiger partial charge on any atom is -0.497 e. The molecule has 13 nitrogen and oxygen atoms in total. The Morgan fingerprint density at radius 1 is 0.814 bits per heavy atom. The summed E-state index contributed by atoms with van der Waals surface area (Å²) in [4.78, 5) is 84.0. The highest BCUT2D eigenvalue weighted by molar-refractivity contribution is 6.31. The molecule has 0 aliphatic heterocycles. The minimum absolute atomic E-state index is 0.0510. The number of Topliss-reactive ketones (excluding diaryl/α,β-unsaturated/α-hetero) is 1. The quantitative estimate of drug-likeness (QED) is 0.0896. The van der Waals surface area contributed by atoms with Gasteiger partial charge in [0, 0.05) is 23.6 Å². The van der Waals surface area contributed by atoms with Gasteiger partial charge in [0.05, 0.1) is 13.2 Å². The molecule has 0 spiro atoms. The number of hydrogen-bond donors (Lipinski definition) is 4. The van der Waals surface area contributed by atoms with Crippen molar-refractivity contribution in [3.63, 3.8) is 0 Å². The molecular weight excluding hydrogens is 830 g/mol. The van der Waals surface area contributed by atoms with Gasteiger partial charge in [0.1, 0.15) is 18.3 Å². The zero-order valence-electron chi connectivity index (χ0n) is 31.1. The molecule has 0 saturated heterocycles. The van der Waals surface area contributed by atoms with Crippen LogP contribution < -0.4 is 26.4 Å². The largest absolute Gasteiger partial charge is 0.497 e. The van der Waals surface area contributed by atoms with Gasteiger partial charge in [-0.2, -0.15) is 40.2 Å². The van der Waals surface area contributed by atoms with E-state index in [1.807, 2.05) is 5.32 Å². The van der Waals surface area contributed by atoms with Crippen molar-refractivity contribution in [2.45, 2.75) is 63.2 Å². The first-order chi connectivity index (χ1) is 27.4. The smallest absolute Gasteiger partial charge is 0.493 e.